The minimum atomic E-state index is -3.30. The van der Waals surface area contributed by atoms with Crippen molar-refractivity contribution < 1.29 is 13.7 Å². The third kappa shape index (κ3) is 5.82. The van der Waals surface area contributed by atoms with E-state index in [2.05, 4.69) is 9.80 Å². The second-order valence-corrected chi connectivity index (χ2v) is 13.7. The van der Waals surface area contributed by atoms with Gasteiger partial charge in [-0.2, -0.15) is 0 Å². The molecule has 7 heteroatoms. The van der Waals surface area contributed by atoms with Gasteiger partial charge in [0.15, 0.2) is 0 Å². The Morgan fingerprint density at radius 3 is 1.37 bits per heavy atom. The number of rotatable bonds is 8. The average Bonchev–Trinajstić information content (AvgIpc) is 2.53. The Morgan fingerprint density at radius 2 is 1.04 bits per heavy atom. The molecule has 2 unspecified atom stereocenters. The van der Waals surface area contributed by atoms with E-state index in [1.807, 2.05) is 76.7 Å². The molecule has 0 aliphatic rings. The summed E-state index contributed by atoms with van der Waals surface area (Å²) in [6.45, 7) is 4.92. The van der Waals surface area contributed by atoms with E-state index >= 15 is 0 Å². The molecular formula is C20H32N2O3Si2. The second kappa shape index (κ2) is 8.79. The zero-order chi connectivity index (χ0) is 20.2. The summed E-state index contributed by atoms with van der Waals surface area (Å²) in [4.78, 5) is 26.7. The quantitative estimate of drug-likeness (QED) is 0.645. The van der Waals surface area contributed by atoms with Crippen molar-refractivity contribution in [3.05, 3.63) is 59.7 Å². The van der Waals surface area contributed by atoms with Crippen LogP contribution in [0.3, 0.4) is 0 Å². The highest BCUT2D eigenvalue weighted by atomic mass is 28.5. The molecule has 0 radical (unpaired) electrons. The molecule has 2 aromatic rings. The minimum Gasteiger partial charge on any atom is -0.408 e. The fourth-order valence-corrected chi connectivity index (χ4v) is 9.70. The van der Waals surface area contributed by atoms with Gasteiger partial charge in [0.2, 0.25) is 0 Å². The molecule has 0 aliphatic carbocycles. The minimum absolute atomic E-state index is 0.712. The van der Waals surface area contributed by atoms with Crippen molar-refractivity contribution in [2.24, 2.45) is 0 Å². The Hall–Kier alpha value is -1.33. The molecule has 0 amide bonds. The SMILES string of the molecule is CN(C)Cc1ccccc1[Si](C)(O)O[Si](C)(O)c1ccccc1CN(C)C. The topological polar surface area (TPSA) is 56.2 Å². The van der Waals surface area contributed by atoms with Crippen LogP contribution in [0.4, 0.5) is 0 Å². The molecule has 0 bridgehead atoms. The van der Waals surface area contributed by atoms with E-state index in [4.69, 9.17) is 4.12 Å². The Bertz CT molecular complexity index is 701. The zero-order valence-corrected chi connectivity index (χ0v) is 19.2. The molecule has 2 atom stereocenters. The van der Waals surface area contributed by atoms with Crippen LogP contribution in [-0.4, -0.2) is 64.7 Å². The van der Waals surface area contributed by atoms with Gasteiger partial charge in [0.05, 0.1) is 0 Å². The van der Waals surface area contributed by atoms with Gasteiger partial charge in [0.1, 0.15) is 0 Å². The van der Waals surface area contributed by atoms with E-state index in [-0.39, 0.29) is 0 Å². The van der Waals surface area contributed by atoms with E-state index in [9.17, 15) is 9.59 Å². The molecule has 2 rings (SSSR count). The summed E-state index contributed by atoms with van der Waals surface area (Å²) in [6.07, 6.45) is 0. The summed E-state index contributed by atoms with van der Waals surface area (Å²) >= 11 is 0. The highest BCUT2D eigenvalue weighted by Gasteiger charge is 2.43. The van der Waals surface area contributed by atoms with Crippen LogP contribution in [0.15, 0.2) is 48.5 Å². The largest absolute Gasteiger partial charge is 0.408 e. The summed E-state index contributed by atoms with van der Waals surface area (Å²) in [5.41, 5.74) is 2.07. The molecule has 148 valence electrons. The van der Waals surface area contributed by atoms with Crippen LogP contribution >= 0.6 is 0 Å². The first kappa shape index (κ1) is 22.0. The van der Waals surface area contributed by atoms with Gasteiger partial charge in [-0.05, 0) is 62.8 Å². The summed E-state index contributed by atoms with van der Waals surface area (Å²) in [5.74, 6) is 0. The Kier molecular flexibility index (Phi) is 7.15. The first-order valence-corrected chi connectivity index (χ1v) is 13.8. The third-order valence-corrected chi connectivity index (χ3v) is 10.6. The lowest BCUT2D eigenvalue weighted by atomic mass is 10.2. The smallest absolute Gasteiger partial charge is 0.358 e. The van der Waals surface area contributed by atoms with Crippen LogP contribution < -0.4 is 10.4 Å². The lowest BCUT2D eigenvalue weighted by molar-refractivity contribution is 0.332. The van der Waals surface area contributed by atoms with Crippen LogP contribution in [0.1, 0.15) is 11.1 Å². The molecule has 2 N–H and O–H groups in total. The van der Waals surface area contributed by atoms with E-state index in [1.165, 1.54) is 0 Å². The van der Waals surface area contributed by atoms with Crippen molar-refractivity contribution in [3.8, 4) is 0 Å². The predicted octanol–water partition coefficient (Wildman–Crippen LogP) is 1.07. The average molecular weight is 405 g/mol. The van der Waals surface area contributed by atoms with Gasteiger partial charge in [-0.1, -0.05) is 48.5 Å². The van der Waals surface area contributed by atoms with E-state index in [0.29, 0.717) is 13.1 Å². The molecule has 0 aromatic heterocycles. The Labute approximate surface area is 165 Å². The van der Waals surface area contributed by atoms with E-state index in [1.54, 1.807) is 13.1 Å². The fourth-order valence-electron chi connectivity index (χ4n) is 3.40. The summed E-state index contributed by atoms with van der Waals surface area (Å²) in [5, 5.41) is 1.63. The predicted molar refractivity (Wildman–Crippen MR) is 116 cm³/mol. The van der Waals surface area contributed by atoms with Crippen molar-refractivity contribution >= 4 is 27.5 Å². The maximum absolute atomic E-state index is 11.3. The molecule has 0 saturated carbocycles. The Balaban J connectivity index is 2.37. The van der Waals surface area contributed by atoms with E-state index < -0.39 is 17.1 Å². The van der Waals surface area contributed by atoms with Crippen LogP contribution in [0.2, 0.25) is 13.1 Å². The van der Waals surface area contributed by atoms with Gasteiger partial charge in [-0.15, -0.1) is 0 Å². The van der Waals surface area contributed by atoms with Crippen molar-refractivity contribution in [1.29, 1.82) is 0 Å². The number of hydrogen-bond donors (Lipinski definition) is 2. The summed E-state index contributed by atoms with van der Waals surface area (Å²) < 4.78 is 6.19. The van der Waals surface area contributed by atoms with Gasteiger partial charge in [-0.25, -0.2) is 0 Å². The normalized spacial score (nSPS) is 16.4. The van der Waals surface area contributed by atoms with Crippen LogP contribution in [-0.2, 0) is 17.2 Å². The lowest BCUT2D eigenvalue weighted by Crippen LogP contribution is -2.62. The molecular weight excluding hydrogens is 372 g/mol. The van der Waals surface area contributed by atoms with Crippen molar-refractivity contribution in [3.63, 3.8) is 0 Å². The van der Waals surface area contributed by atoms with Crippen LogP contribution in [0, 0.1) is 0 Å². The van der Waals surface area contributed by atoms with Crippen LogP contribution in [0.25, 0.3) is 0 Å². The van der Waals surface area contributed by atoms with Crippen molar-refractivity contribution in [1.82, 2.24) is 9.80 Å². The highest BCUT2D eigenvalue weighted by Crippen LogP contribution is 2.16. The van der Waals surface area contributed by atoms with Crippen molar-refractivity contribution in [2.75, 3.05) is 28.2 Å². The molecule has 0 heterocycles. The first-order valence-electron chi connectivity index (χ1n) is 9.14. The van der Waals surface area contributed by atoms with Crippen molar-refractivity contribution in [2.45, 2.75) is 26.2 Å². The molecule has 5 nitrogen and oxygen atoms in total. The molecule has 27 heavy (non-hydrogen) atoms. The summed E-state index contributed by atoms with van der Waals surface area (Å²) in [6, 6.07) is 15.6. The first-order chi connectivity index (χ1) is 12.5. The number of benzene rings is 2. The van der Waals surface area contributed by atoms with Crippen LogP contribution in [0.5, 0.6) is 0 Å². The molecule has 2 aromatic carbocycles. The number of hydrogen-bond acceptors (Lipinski definition) is 5. The van der Waals surface area contributed by atoms with Gasteiger partial charge in [-0.3, -0.25) is 0 Å². The monoisotopic (exact) mass is 404 g/mol. The maximum Gasteiger partial charge on any atom is 0.358 e. The molecule has 0 saturated heterocycles. The maximum atomic E-state index is 11.3. The standard InChI is InChI=1S/C20H32N2O3Si2/c1-21(2)15-17-11-7-9-13-19(17)26(5,23)25-27(6,24)20-14-10-8-12-18(20)16-22(3)4/h7-14,23-24H,15-16H2,1-6H3. The molecule has 0 spiro atoms. The zero-order valence-electron chi connectivity index (χ0n) is 17.2. The third-order valence-electron chi connectivity index (χ3n) is 4.40. The highest BCUT2D eigenvalue weighted by molar-refractivity contribution is 6.91. The molecule has 0 aliphatic heterocycles. The summed E-state index contributed by atoms with van der Waals surface area (Å²) in [7, 11) is 1.38. The van der Waals surface area contributed by atoms with Gasteiger partial charge in [0.25, 0.3) is 0 Å². The Morgan fingerprint density at radius 1 is 0.704 bits per heavy atom. The number of nitrogens with zero attached hydrogens (tertiary/aromatic N) is 2. The van der Waals surface area contributed by atoms with Gasteiger partial charge < -0.3 is 23.5 Å². The lowest BCUT2D eigenvalue weighted by Gasteiger charge is -2.33. The van der Waals surface area contributed by atoms with E-state index in [0.717, 1.165) is 21.5 Å². The molecule has 0 fully saturated rings. The van der Waals surface area contributed by atoms with Gasteiger partial charge >= 0.3 is 17.1 Å². The fraction of sp³-hybridized carbons (Fsp3) is 0.400. The van der Waals surface area contributed by atoms with Gasteiger partial charge in [0, 0.05) is 13.1 Å². The second-order valence-electron chi connectivity index (χ2n) is 7.86.